The molecule has 0 bridgehead atoms. The predicted octanol–water partition coefficient (Wildman–Crippen LogP) is 3.34. The molecular formula is C18H16F3NO3. The molecule has 25 heavy (non-hydrogen) atoms. The molecule has 0 atom stereocenters. The Morgan fingerprint density at radius 2 is 1.84 bits per heavy atom. The topological polar surface area (TPSA) is 47.6 Å². The number of carbonyl (C=O) groups is 1. The van der Waals surface area contributed by atoms with Crippen LogP contribution >= 0.6 is 0 Å². The van der Waals surface area contributed by atoms with Crippen LogP contribution in [0.1, 0.15) is 16.7 Å². The van der Waals surface area contributed by atoms with E-state index in [1.54, 1.807) is 24.3 Å². The SMILES string of the molecule is O=C(Cc1ccc2c(c1)OCO2)NCCc1ccccc1C(F)(F)F. The van der Waals surface area contributed by atoms with Crippen LogP contribution in [0.5, 0.6) is 11.5 Å². The Kier molecular flexibility index (Phi) is 4.83. The monoisotopic (exact) mass is 351 g/mol. The van der Waals surface area contributed by atoms with Crippen molar-refractivity contribution in [2.75, 3.05) is 13.3 Å². The number of halogens is 3. The van der Waals surface area contributed by atoms with E-state index < -0.39 is 11.7 Å². The van der Waals surface area contributed by atoms with Gasteiger partial charge in [0.25, 0.3) is 0 Å². The third-order valence-electron chi connectivity index (χ3n) is 3.84. The van der Waals surface area contributed by atoms with Gasteiger partial charge in [-0.25, -0.2) is 0 Å². The smallest absolute Gasteiger partial charge is 0.416 e. The normalized spacial score (nSPS) is 12.9. The zero-order valence-electron chi connectivity index (χ0n) is 13.2. The van der Waals surface area contributed by atoms with E-state index in [4.69, 9.17) is 9.47 Å². The van der Waals surface area contributed by atoms with Gasteiger partial charge in [-0.2, -0.15) is 13.2 Å². The highest BCUT2D eigenvalue weighted by atomic mass is 19.4. The van der Waals surface area contributed by atoms with Crippen molar-refractivity contribution in [1.29, 1.82) is 0 Å². The van der Waals surface area contributed by atoms with E-state index in [-0.39, 0.29) is 37.6 Å². The van der Waals surface area contributed by atoms with Gasteiger partial charge in [-0.3, -0.25) is 4.79 Å². The molecule has 0 saturated heterocycles. The van der Waals surface area contributed by atoms with Crippen LogP contribution in [-0.4, -0.2) is 19.2 Å². The number of amides is 1. The highest BCUT2D eigenvalue weighted by Gasteiger charge is 2.32. The summed E-state index contributed by atoms with van der Waals surface area (Å²) >= 11 is 0. The molecule has 0 aliphatic carbocycles. The van der Waals surface area contributed by atoms with E-state index in [0.717, 1.165) is 11.6 Å². The molecule has 2 aromatic rings. The van der Waals surface area contributed by atoms with Gasteiger partial charge in [-0.1, -0.05) is 24.3 Å². The summed E-state index contributed by atoms with van der Waals surface area (Å²) in [6, 6.07) is 10.6. The van der Waals surface area contributed by atoms with E-state index in [9.17, 15) is 18.0 Å². The number of ether oxygens (including phenoxy) is 2. The number of nitrogens with one attached hydrogen (secondary N) is 1. The quantitative estimate of drug-likeness (QED) is 0.899. The van der Waals surface area contributed by atoms with Crippen molar-refractivity contribution >= 4 is 5.91 Å². The van der Waals surface area contributed by atoms with Gasteiger partial charge in [0.2, 0.25) is 12.7 Å². The van der Waals surface area contributed by atoms with Crippen LogP contribution in [0.25, 0.3) is 0 Å². The molecule has 1 amide bonds. The third kappa shape index (κ3) is 4.23. The van der Waals surface area contributed by atoms with E-state index in [0.29, 0.717) is 11.5 Å². The maximum absolute atomic E-state index is 12.9. The number of benzene rings is 2. The molecule has 3 rings (SSSR count). The van der Waals surface area contributed by atoms with E-state index in [1.807, 2.05) is 0 Å². The summed E-state index contributed by atoms with van der Waals surface area (Å²) in [6.07, 6.45) is -4.16. The molecule has 1 aliphatic heterocycles. The molecular weight excluding hydrogens is 335 g/mol. The van der Waals surface area contributed by atoms with Crippen molar-refractivity contribution in [3.05, 3.63) is 59.2 Å². The Bertz CT molecular complexity index is 774. The maximum Gasteiger partial charge on any atom is 0.416 e. The lowest BCUT2D eigenvalue weighted by Crippen LogP contribution is -2.27. The first-order valence-electron chi connectivity index (χ1n) is 7.74. The maximum atomic E-state index is 12.9. The Hall–Kier alpha value is -2.70. The van der Waals surface area contributed by atoms with Crippen molar-refractivity contribution < 1.29 is 27.4 Å². The fraction of sp³-hybridized carbons (Fsp3) is 0.278. The zero-order chi connectivity index (χ0) is 17.9. The van der Waals surface area contributed by atoms with E-state index in [1.165, 1.54) is 12.1 Å². The van der Waals surface area contributed by atoms with Gasteiger partial charge in [0.05, 0.1) is 12.0 Å². The molecule has 1 N–H and O–H groups in total. The minimum atomic E-state index is -4.40. The number of hydrogen-bond acceptors (Lipinski definition) is 3. The summed E-state index contributed by atoms with van der Waals surface area (Å²) < 4.78 is 49.2. The zero-order valence-corrected chi connectivity index (χ0v) is 13.2. The summed E-state index contributed by atoms with van der Waals surface area (Å²) in [7, 11) is 0. The highest BCUT2D eigenvalue weighted by Crippen LogP contribution is 2.33. The summed E-state index contributed by atoms with van der Waals surface area (Å²) in [6.45, 7) is 0.292. The summed E-state index contributed by atoms with van der Waals surface area (Å²) in [5, 5.41) is 2.65. The van der Waals surface area contributed by atoms with E-state index in [2.05, 4.69) is 5.32 Å². The Morgan fingerprint density at radius 3 is 2.64 bits per heavy atom. The Labute approximate surface area is 142 Å². The molecule has 2 aromatic carbocycles. The van der Waals surface area contributed by atoms with Crippen LogP contribution in [0.15, 0.2) is 42.5 Å². The second-order valence-corrected chi connectivity index (χ2v) is 5.62. The van der Waals surface area contributed by atoms with E-state index >= 15 is 0 Å². The van der Waals surface area contributed by atoms with Crippen LogP contribution in [0.3, 0.4) is 0 Å². The third-order valence-corrected chi connectivity index (χ3v) is 3.84. The molecule has 7 heteroatoms. The van der Waals surface area contributed by atoms with Gasteiger partial charge in [-0.05, 0) is 35.7 Å². The Morgan fingerprint density at radius 1 is 1.08 bits per heavy atom. The lowest BCUT2D eigenvalue weighted by molar-refractivity contribution is -0.138. The summed E-state index contributed by atoms with van der Waals surface area (Å²) in [5.74, 6) is 0.959. The van der Waals surface area contributed by atoms with Crippen LogP contribution in [0.4, 0.5) is 13.2 Å². The molecule has 4 nitrogen and oxygen atoms in total. The molecule has 132 valence electrons. The lowest BCUT2D eigenvalue weighted by Gasteiger charge is -2.13. The van der Waals surface area contributed by atoms with Gasteiger partial charge in [-0.15, -0.1) is 0 Å². The second kappa shape index (κ2) is 7.04. The molecule has 0 spiro atoms. The van der Waals surface area contributed by atoms with Crippen molar-refractivity contribution in [2.24, 2.45) is 0 Å². The van der Waals surface area contributed by atoms with Crippen molar-refractivity contribution in [1.82, 2.24) is 5.32 Å². The Balaban J connectivity index is 1.54. The predicted molar refractivity (Wildman–Crippen MR) is 84.4 cm³/mol. The fourth-order valence-corrected chi connectivity index (χ4v) is 2.65. The van der Waals surface area contributed by atoms with Crippen LogP contribution < -0.4 is 14.8 Å². The number of carbonyl (C=O) groups excluding carboxylic acids is 1. The molecule has 0 fully saturated rings. The van der Waals surface area contributed by atoms with Gasteiger partial charge < -0.3 is 14.8 Å². The number of alkyl halides is 3. The summed E-state index contributed by atoms with van der Waals surface area (Å²) in [4.78, 5) is 12.0. The van der Waals surface area contributed by atoms with Gasteiger partial charge in [0.1, 0.15) is 0 Å². The molecule has 1 heterocycles. The molecule has 1 aliphatic rings. The molecule has 0 radical (unpaired) electrons. The van der Waals surface area contributed by atoms with Crippen LogP contribution in [-0.2, 0) is 23.8 Å². The highest BCUT2D eigenvalue weighted by molar-refractivity contribution is 5.78. The van der Waals surface area contributed by atoms with Gasteiger partial charge in [0, 0.05) is 6.54 Å². The standard InChI is InChI=1S/C18H16F3NO3/c19-18(20,21)14-4-2-1-3-13(14)7-8-22-17(23)10-12-5-6-15-16(9-12)25-11-24-15/h1-6,9H,7-8,10-11H2,(H,22,23). The first-order chi connectivity index (χ1) is 11.9. The second-order valence-electron chi connectivity index (χ2n) is 5.62. The molecule has 0 saturated carbocycles. The average molecular weight is 351 g/mol. The number of rotatable bonds is 5. The largest absolute Gasteiger partial charge is 0.454 e. The number of fused-ring (bicyclic) bond motifs is 1. The van der Waals surface area contributed by atoms with Crippen molar-refractivity contribution in [3.63, 3.8) is 0 Å². The van der Waals surface area contributed by atoms with Gasteiger partial charge >= 0.3 is 6.18 Å². The van der Waals surface area contributed by atoms with Crippen molar-refractivity contribution in [2.45, 2.75) is 19.0 Å². The first-order valence-corrected chi connectivity index (χ1v) is 7.74. The van der Waals surface area contributed by atoms with Crippen molar-refractivity contribution in [3.8, 4) is 11.5 Å². The van der Waals surface area contributed by atoms with Gasteiger partial charge in [0.15, 0.2) is 11.5 Å². The number of hydrogen-bond donors (Lipinski definition) is 1. The minimum Gasteiger partial charge on any atom is -0.454 e. The molecule has 0 aromatic heterocycles. The molecule has 0 unspecified atom stereocenters. The summed E-state index contributed by atoms with van der Waals surface area (Å²) in [5.41, 5.74) is 0.246. The first kappa shape index (κ1) is 17.1. The fourth-order valence-electron chi connectivity index (χ4n) is 2.65. The minimum absolute atomic E-state index is 0.114. The lowest BCUT2D eigenvalue weighted by atomic mass is 10.0. The van der Waals surface area contributed by atoms with Crippen LogP contribution in [0.2, 0.25) is 0 Å². The van der Waals surface area contributed by atoms with Crippen LogP contribution in [0, 0.1) is 0 Å². The average Bonchev–Trinajstić information content (AvgIpc) is 3.02.